The summed E-state index contributed by atoms with van der Waals surface area (Å²) in [5, 5.41) is 12.7. The molecule has 0 fully saturated rings. The molecule has 1 aromatic heterocycles. The second kappa shape index (κ2) is 3.44. The maximum atomic E-state index is 10.7. The minimum absolute atomic E-state index is 0.0995. The number of nitrogens with zero attached hydrogens (tertiary/aromatic N) is 1. The Morgan fingerprint density at radius 2 is 2.50 bits per heavy atom. The topological polar surface area (TPSA) is 63.3 Å². The normalized spacial score (nSPS) is 20.5. The van der Waals surface area contributed by atoms with E-state index in [0.717, 1.165) is 36.3 Å². The van der Waals surface area contributed by atoms with Crippen LogP contribution in [0, 0.1) is 6.92 Å². The van der Waals surface area contributed by atoms with Crippen LogP contribution < -0.4 is 0 Å². The maximum absolute atomic E-state index is 10.7. The molecule has 0 amide bonds. The molecular weight excluding hydrogens is 182 g/mol. The predicted octanol–water partition coefficient (Wildman–Crippen LogP) is 1.88. The zero-order valence-corrected chi connectivity index (χ0v) is 8.12. The Kier molecular flexibility index (Phi) is 2.27. The highest BCUT2D eigenvalue weighted by Gasteiger charge is 2.27. The molecular formula is C10H13NO3. The molecule has 1 N–H and O–H groups in total. The molecule has 1 unspecified atom stereocenters. The first-order chi connectivity index (χ1) is 6.68. The highest BCUT2D eigenvalue weighted by molar-refractivity contribution is 5.68. The van der Waals surface area contributed by atoms with Crippen LogP contribution in [-0.4, -0.2) is 16.2 Å². The molecule has 76 valence electrons. The van der Waals surface area contributed by atoms with Gasteiger partial charge in [-0.3, -0.25) is 4.79 Å². The summed E-state index contributed by atoms with van der Waals surface area (Å²) in [4.78, 5) is 10.7. The van der Waals surface area contributed by atoms with Crippen LogP contribution in [0.25, 0.3) is 0 Å². The van der Waals surface area contributed by atoms with Crippen molar-refractivity contribution in [1.29, 1.82) is 0 Å². The summed E-state index contributed by atoms with van der Waals surface area (Å²) in [5.41, 5.74) is 1.89. The fourth-order valence-electron chi connectivity index (χ4n) is 2.20. The van der Waals surface area contributed by atoms with E-state index in [1.165, 1.54) is 0 Å². The van der Waals surface area contributed by atoms with E-state index in [1.54, 1.807) is 0 Å². The number of carboxylic acid groups (broad SMARTS) is 1. The average Bonchev–Trinajstić information content (AvgIpc) is 2.48. The van der Waals surface area contributed by atoms with Crippen LogP contribution in [0.15, 0.2) is 4.52 Å². The van der Waals surface area contributed by atoms with Gasteiger partial charge in [-0.2, -0.15) is 0 Å². The van der Waals surface area contributed by atoms with E-state index in [0.29, 0.717) is 0 Å². The molecule has 4 heteroatoms. The molecule has 1 heterocycles. The Bertz CT molecular complexity index is 356. The molecule has 14 heavy (non-hydrogen) atoms. The second-order valence-corrected chi connectivity index (χ2v) is 3.79. The number of carboxylic acids is 1. The number of carbonyl (C=O) groups is 1. The van der Waals surface area contributed by atoms with Crippen molar-refractivity contribution in [2.75, 3.05) is 0 Å². The van der Waals surface area contributed by atoms with Crippen LogP contribution in [0.3, 0.4) is 0 Å². The molecule has 1 aliphatic carbocycles. The third kappa shape index (κ3) is 1.52. The van der Waals surface area contributed by atoms with Gasteiger partial charge < -0.3 is 9.63 Å². The highest BCUT2D eigenvalue weighted by Crippen LogP contribution is 2.35. The van der Waals surface area contributed by atoms with Crippen molar-refractivity contribution in [3.8, 4) is 0 Å². The first-order valence-electron chi connectivity index (χ1n) is 4.85. The van der Waals surface area contributed by atoms with Crippen molar-refractivity contribution < 1.29 is 14.4 Å². The summed E-state index contributed by atoms with van der Waals surface area (Å²) in [6, 6.07) is 0. The summed E-state index contributed by atoms with van der Waals surface area (Å²) < 4.78 is 5.16. The van der Waals surface area contributed by atoms with Crippen molar-refractivity contribution >= 4 is 5.97 Å². The van der Waals surface area contributed by atoms with Gasteiger partial charge in [0.2, 0.25) is 0 Å². The lowest BCUT2D eigenvalue weighted by Crippen LogP contribution is -2.12. The van der Waals surface area contributed by atoms with E-state index in [-0.39, 0.29) is 12.3 Å². The summed E-state index contributed by atoms with van der Waals surface area (Å²) in [6.07, 6.45) is 3.02. The molecule has 1 atom stereocenters. The van der Waals surface area contributed by atoms with Crippen molar-refractivity contribution in [3.05, 3.63) is 17.0 Å². The van der Waals surface area contributed by atoms with E-state index in [2.05, 4.69) is 5.16 Å². The van der Waals surface area contributed by atoms with Gasteiger partial charge in [0.1, 0.15) is 5.76 Å². The third-order valence-electron chi connectivity index (χ3n) is 2.77. The Morgan fingerprint density at radius 3 is 3.21 bits per heavy atom. The molecule has 0 saturated heterocycles. The fraction of sp³-hybridized carbons (Fsp3) is 0.600. The summed E-state index contributed by atoms with van der Waals surface area (Å²) in [5.74, 6) is 0.242. The van der Waals surface area contributed by atoms with Gasteiger partial charge in [-0.15, -0.1) is 0 Å². The summed E-state index contributed by atoms with van der Waals surface area (Å²) >= 11 is 0. The van der Waals surface area contributed by atoms with Crippen LogP contribution in [0.4, 0.5) is 0 Å². The first-order valence-corrected chi connectivity index (χ1v) is 4.85. The molecule has 2 rings (SSSR count). The quantitative estimate of drug-likeness (QED) is 0.782. The minimum atomic E-state index is -0.747. The van der Waals surface area contributed by atoms with Crippen LogP contribution in [0.5, 0.6) is 0 Å². The standard InChI is InChI=1S/C10H13NO3/c1-6-10-7(5-9(12)13)3-2-4-8(10)14-11-6/h7H,2-5H2,1H3,(H,12,13). The Labute approximate surface area is 81.9 Å². The molecule has 0 aliphatic heterocycles. The highest BCUT2D eigenvalue weighted by atomic mass is 16.5. The summed E-state index contributed by atoms with van der Waals surface area (Å²) in [7, 11) is 0. The van der Waals surface area contributed by atoms with Crippen molar-refractivity contribution in [2.24, 2.45) is 0 Å². The number of hydrogen-bond donors (Lipinski definition) is 1. The van der Waals surface area contributed by atoms with Gasteiger partial charge in [0.25, 0.3) is 0 Å². The molecule has 1 aliphatic rings. The Balaban J connectivity index is 2.29. The van der Waals surface area contributed by atoms with Crippen LogP contribution in [-0.2, 0) is 11.2 Å². The third-order valence-corrected chi connectivity index (χ3v) is 2.77. The van der Waals surface area contributed by atoms with E-state index in [1.807, 2.05) is 6.92 Å². The van der Waals surface area contributed by atoms with Gasteiger partial charge in [0.05, 0.1) is 12.1 Å². The molecule has 1 aromatic rings. The number of aryl methyl sites for hydroxylation is 2. The van der Waals surface area contributed by atoms with Gasteiger partial charge in [0.15, 0.2) is 0 Å². The molecule has 4 nitrogen and oxygen atoms in total. The first kappa shape index (κ1) is 9.24. The zero-order chi connectivity index (χ0) is 10.1. The number of hydrogen-bond acceptors (Lipinski definition) is 3. The van der Waals surface area contributed by atoms with Gasteiger partial charge in [-0.05, 0) is 25.7 Å². The van der Waals surface area contributed by atoms with Gasteiger partial charge in [-0.25, -0.2) is 0 Å². The van der Waals surface area contributed by atoms with Crippen molar-refractivity contribution in [1.82, 2.24) is 5.16 Å². The van der Waals surface area contributed by atoms with Crippen molar-refractivity contribution in [3.63, 3.8) is 0 Å². The largest absolute Gasteiger partial charge is 0.481 e. The Hall–Kier alpha value is -1.32. The van der Waals surface area contributed by atoms with Crippen molar-refractivity contribution in [2.45, 2.75) is 38.5 Å². The van der Waals surface area contributed by atoms with Crippen LogP contribution in [0.2, 0.25) is 0 Å². The van der Waals surface area contributed by atoms with E-state index in [9.17, 15) is 4.79 Å². The SMILES string of the molecule is Cc1noc2c1C(CC(=O)O)CCC2. The van der Waals surface area contributed by atoms with E-state index < -0.39 is 5.97 Å². The molecule has 0 spiro atoms. The lowest BCUT2D eigenvalue weighted by atomic mass is 9.84. The lowest BCUT2D eigenvalue weighted by molar-refractivity contribution is -0.137. The molecule has 0 saturated carbocycles. The molecule has 0 aromatic carbocycles. The lowest BCUT2D eigenvalue weighted by Gasteiger charge is -2.19. The zero-order valence-electron chi connectivity index (χ0n) is 8.12. The van der Waals surface area contributed by atoms with E-state index >= 15 is 0 Å². The predicted molar refractivity (Wildman–Crippen MR) is 49.2 cm³/mol. The van der Waals surface area contributed by atoms with Crippen LogP contribution in [0.1, 0.15) is 42.2 Å². The minimum Gasteiger partial charge on any atom is -0.481 e. The van der Waals surface area contributed by atoms with Gasteiger partial charge in [-0.1, -0.05) is 5.16 Å². The number of aliphatic carboxylic acids is 1. The molecule has 0 radical (unpaired) electrons. The smallest absolute Gasteiger partial charge is 0.303 e. The second-order valence-electron chi connectivity index (χ2n) is 3.79. The monoisotopic (exact) mass is 195 g/mol. The fourth-order valence-corrected chi connectivity index (χ4v) is 2.20. The van der Waals surface area contributed by atoms with Crippen LogP contribution >= 0.6 is 0 Å². The molecule has 0 bridgehead atoms. The average molecular weight is 195 g/mol. The van der Waals surface area contributed by atoms with E-state index in [4.69, 9.17) is 9.63 Å². The number of aromatic nitrogens is 1. The van der Waals surface area contributed by atoms with Gasteiger partial charge >= 0.3 is 5.97 Å². The number of rotatable bonds is 2. The number of fused-ring (bicyclic) bond motifs is 1. The summed E-state index contributed by atoms with van der Waals surface area (Å²) in [6.45, 7) is 1.88. The Morgan fingerprint density at radius 1 is 1.71 bits per heavy atom. The maximum Gasteiger partial charge on any atom is 0.303 e. The van der Waals surface area contributed by atoms with Gasteiger partial charge in [0, 0.05) is 12.0 Å².